The first-order valence-electron chi connectivity index (χ1n) is 9.58. The summed E-state index contributed by atoms with van der Waals surface area (Å²) in [5, 5.41) is 8.38. The molecule has 0 spiro atoms. The van der Waals surface area contributed by atoms with Gasteiger partial charge in [0.05, 0.1) is 24.6 Å². The highest BCUT2D eigenvalue weighted by Crippen LogP contribution is 2.15. The lowest BCUT2D eigenvalue weighted by Gasteiger charge is -2.18. The molecular weight excluding hydrogens is 358 g/mol. The summed E-state index contributed by atoms with van der Waals surface area (Å²) in [4.78, 5) is 37.3. The summed E-state index contributed by atoms with van der Waals surface area (Å²) in [7, 11) is 1.30. The van der Waals surface area contributed by atoms with E-state index in [0.717, 1.165) is 0 Å². The molecule has 1 amide bonds. The Labute approximate surface area is 165 Å². The van der Waals surface area contributed by atoms with Crippen LogP contribution in [0.25, 0.3) is 10.8 Å². The number of fused-ring (bicyclic) bond motifs is 1. The van der Waals surface area contributed by atoms with Crippen molar-refractivity contribution in [2.24, 2.45) is 11.8 Å². The number of nitrogens with zero attached hydrogens (tertiary/aromatic N) is 2. The molecule has 2 aromatic rings. The quantitative estimate of drug-likeness (QED) is 0.702. The molecule has 0 fully saturated rings. The van der Waals surface area contributed by atoms with Crippen molar-refractivity contribution in [1.29, 1.82) is 0 Å². The van der Waals surface area contributed by atoms with Crippen LogP contribution in [0.1, 0.15) is 39.8 Å². The number of carbonyl (C=O) groups is 2. The Morgan fingerprint density at radius 3 is 2.32 bits per heavy atom. The molecule has 1 N–H and O–H groups in total. The Hall–Kier alpha value is -2.70. The number of benzene rings is 1. The predicted molar refractivity (Wildman–Crippen MR) is 108 cm³/mol. The van der Waals surface area contributed by atoms with Gasteiger partial charge in [-0.05, 0) is 24.3 Å². The fourth-order valence-corrected chi connectivity index (χ4v) is 3.13. The third-order valence-electron chi connectivity index (χ3n) is 4.34. The number of aromatic nitrogens is 2. The minimum atomic E-state index is -0.703. The average molecular weight is 387 g/mol. The van der Waals surface area contributed by atoms with E-state index in [9.17, 15) is 14.4 Å². The smallest absolute Gasteiger partial charge is 0.328 e. The number of nitrogens with one attached hydrogen (secondary N) is 1. The maximum absolute atomic E-state index is 12.7. The highest BCUT2D eigenvalue weighted by molar-refractivity contribution is 5.90. The maximum Gasteiger partial charge on any atom is 0.328 e. The molecule has 0 aliphatic carbocycles. The summed E-state index contributed by atoms with van der Waals surface area (Å²) in [6.45, 7) is 8.42. The molecular formula is C21H29N3O4. The van der Waals surface area contributed by atoms with E-state index in [-0.39, 0.29) is 29.7 Å². The van der Waals surface area contributed by atoms with E-state index in [1.54, 1.807) is 18.2 Å². The SMILES string of the molecule is COC(=O)[C@@H](CC(C)C)NC(=O)Cc1nn(CC(C)C)c(=O)c2ccccc12. The van der Waals surface area contributed by atoms with Crippen LogP contribution >= 0.6 is 0 Å². The van der Waals surface area contributed by atoms with Crippen molar-refractivity contribution in [2.45, 2.75) is 53.1 Å². The number of carbonyl (C=O) groups excluding carboxylic acids is 2. The van der Waals surface area contributed by atoms with E-state index >= 15 is 0 Å². The van der Waals surface area contributed by atoms with Crippen molar-refractivity contribution >= 4 is 22.6 Å². The number of methoxy groups -OCH3 is 1. The van der Waals surface area contributed by atoms with E-state index < -0.39 is 12.0 Å². The number of esters is 1. The van der Waals surface area contributed by atoms with Crippen molar-refractivity contribution in [2.75, 3.05) is 7.11 Å². The van der Waals surface area contributed by atoms with Gasteiger partial charge >= 0.3 is 5.97 Å². The standard InChI is InChI=1S/C21H29N3O4/c1-13(2)10-18(21(27)28-5)22-19(25)11-17-15-8-6-7-9-16(15)20(26)24(23-17)12-14(3)4/h6-9,13-14,18H,10-12H2,1-5H3,(H,22,25)/t18-/m1/s1. The lowest BCUT2D eigenvalue weighted by molar-refractivity contribution is -0.145. The van der Waals surface area contributed by atoms with Gasteiger partial charge in [-0.2, -0.15) is 5.10 Å². The largest absolute Gasteiger partial charge is 0.467 e. The van der Waals surface area contributed by atoms with Crippen molar-refractivity contribution < 1.29 is 14.3 Å². The first-order valence-corrected chi connectivity index (χ1v) is 9.58. The van der Waals surface area contributed by atoms with Gasteiger partial charge < -0.3 is 10.1 Å². The van der Waals surface area contributed by atoms with Gasteiger partial charge in [0.1, 0.15) is 6.04 Å². The molecule has 0 bridgehead atoms. The summed E-state index contributed by atoms with van der Waals surface area (Å²) in [6.07, 6.45) is 0.462. The number of rotatable bonds is 8. The molecule has 2 rings (SSSR count). The molecule has 0 aliphatic rings. The molecule has 7 nitrogen and oxygen atoms in total. The molecule has 28 heavy (non-hydrogen) atoms. The lowest BCUT2D eigenvalue weighted by Crippen LogP contribution is -2.43. The fourth-order valence-electron chi connectivity index (χ4n) is 3.13. The minimum absolute atomic E-state index is 0.0233. The predicted octanol–water partition coefficient (Wildman–Crippen LogP) is 2.30. The molecule has 1 atom stereocenters. The van der Waals surface area contributed by atoms with Crippen LogP contribution in [0.5, 0.6) is 0 Å². The minimum Gasteiger partial charge on any atom is -0.467 e. The van der Waals surface area contributed by atoms with Crippen LogP contribution in [-0.2, 0) is 27.3 Å². The van der Waals surface area contributed by atoms with Crippen LogP contribution in [0.4, 0.5) is 0 Å². The van der Waals surface area contributed by atoms with Gasteiger partial charge in [-0.1, -0.05) is 45.9 Å². The third kappa shape index (κ3) is 5.41. The van der Waals surface area contributed by atoms with Crippen molar-refractivity contribution in [3.8, 4) is 0 Å². The molecule has 1 aromatic carbocycles. The van der Waals surface area contributed by atoms with Gasteiger partial charge in [0.15, 0.2) is 0 Å². The summed E-state index contributed by atoms with van der Waals surface area (Å²) in [5.41, 5.74) is 0.349. The van der Waals surface area contributed by atoms with Gasteiger partial charge in [-0.3, -0.25) is 9.59 Å². The lowest BCUT2D eigenvalue weighted by atomic mass is 10.0. The van der Waals surface area contributed by atoms with Crippen molar-refractivity contribution in [1.82, 2.24) is 15.1 Å². The summed E-state index contributed by atoms with van der Waals surface area (Å²) in [6, 6.07) is 6.44. The Morgan fingerprint density at radius 1 is 1.11 bits per heavy atom. The summed E-state index contributed by atoms with van der Waals surface area (Å²) >= 11 is 0. The van der Waals surface area contributed by atoms with Gasteiger partial charge in [0, 0.05) is 11.9 Å². The molecule has 0 unspecified atom stereocenters. The molecule has 1 aromatic heterocycles. The van der Waals surface area contributed by atoms with E-state index in [0.29, 0.717) is 29.4 Å². The van der Waals surface area contributed by atoms with E-state index in [1.807, 2.05) is 33.8 Å². The topological polar surface area (TPSA) is 90.3 Å². The zero-order valence-electron chi connectivity index (χ0n) is 17.2. The number of amides is 1. The van der Waals surface area contributed by atoms with E-state index in [4.69, 9.17) is 4.74 Å². The average Bonchev–Trinajstić information content (AvgIpc) is 2.63. The molecule has 1 heterocycles. The first-order chi connectivity index (χ1) is 13.2. The maximum atomic E-state index is 12.7. The number of hydrogen-bond donors (Lipinski definition) is 1. The normalized spacial score (nSPS) is 12.4. The zero-order valence-corrected chi connectivity index (χ0v) is 17.2. The summed E-state index contributed by atoms with van der Waals surface area (Å²) in [5.74, 6) is -0.341. The Kier molecular flexibility index (Phi) is 7.31. The zero-order chi connectivity index (χ0) is 20.8. The highest BCUT2D eigenvalue weighted by atomic mass is 16.5. The Bertz CT molecular complexity index is 902. The van der Waals surface area contributed by atoms with E-state index in [1.165, 1.54) is 11.8 Å². The molecule has 0 aliphatic heterocycles. The molecule has 0 radical (unpaired) electrons. The van der Waals surface area contributed by atoms with Crippen LogP contribution in [0.15, 0.2) is 29.1 Å². The second-order valence-electron chi connectivity index (χ2n) is 7.82. The first kappa shape index (κ1) is 21.6. The van der Waals surface area contributed by atoms with Crippen molar-refractivity contribution in [3.63, 3.8) is 0 Å². The molecule has 152 valence electrons. The van der Waals surface area contributed by atoms with Crippen LogP contribution < -0.4 is 10.9 Å². The van der Waals surface area contributed by atoms with Gasteiger partial charge in [0.25, 0.3) is 5.56 Å². The Balaban J connectivity index is 2.33. The Morgan fingerprint density at radius 2 is 1.75 bits per heavy atom. The second-order valence-corrected chi connectivity index (χ2v) is 7.82. The van der Waals surface area contributed by atoms with Crippen LogP contribution in [-0.4, -0.2) is 34.8 Å². The molecule has 0 saturated carbocycles. The molecule has 7 heteroatoms. The second kappa shape index (κ2) is 9.48. The van der Waals surface area contributed by atoms with E-state index in [2.05, 4.69) is 10.4 Å². The number of ether oxygens (including phenoxy) is 1. The molecule has 0 saturated heterocycles. The third-order valence-corrected chi connectivity index (χ3v) is 4.34. The van der Waals surface area contributed by atoms with Gasteiger partial charge in [0.2, 0.25) is 5.91 Å². The van der Waals surface area contributed by atoms with Crippen molar-refractivity contribution in [3.05, 3.63) is 40.3 Å². The highest BCUT2D eigenvalue weighted by Gasteiger charge is 2.23. The van der Waals surface area contributed by atoms with Gasteiger partial charge in [-0.25, -0.2) is 9.48 Å². The van der Waals surface area contributed by atoms with Crippen LogP contribution in [0.3, 0.4) is 0 Å². The monoisotopic (exact) mass is 387 g/mol. The number of hydrogen-bond acceptors (Lipinski definition) is 5. The fraction of sp³-hybridized carbons (Fsp3) is 0.524. The summed E-state index contributed by atoms with van der Waals surface area (Å²) < 4.78 is 6.22. The van der Waals surface area contributed by atoms with Crippen LogP contribution in [0, 0.1) is 11.8 Å². The van der Waals surface area contributed by atoms with Gasteiger partial charge in [-0.15, -0.1) is 0 Å². The van der Waals surface area contributed by atoms with Crippen LogP contribution in [0.2, 0.25) is 0 Å².